The lowest BCUT2D eigenvalue weighted by molar-refractivity contribution is -0.149. The second-order valence-corrected chi connectivity index (χ2v) is 18.0. The maximum absolute atomic E-state index is 13.9. The van der Waals surface area contributed by atoms with E-state index in [1.54, 1.807) is 50.3 Å². The zero-order valence-electron chi connectivity index (χ0n) is 24.7. The Labute approximate surface area is 240 Å². The third-order valence-corrected chi connectivity index (χ3v) is 12.8. The summed E-state index contributed by atoms with van der Waals surface area (Å²) in [5.41, 5.74) is -1.21. The molecule has 14 heteroatoms. The number of hydrogen-bond donors (Lipinski definition) is 2. The molecule has 0 amide bonds. The normalized spacial score (nSPS) is 19.7. The molecule has 12 nitrogen and oxygen atoms in total. The van der Waals surface area contributed by atoms with Crippen molar-refractivity contribution in [2.75, 3.05) is 6.61 Å². The predicted molar refractivity (Wildman–Crippen MR) is 156 cm³/mol. The monoisotopic (exact) mass is 609 g/mol. The number of H-pyrrole nitrogens is 1. The Morgan fingerprint density at radius 2 is 1.80 bits per heavy atom. The minimum Gasteiger partial charge on any atom is -0.469 e. The number of rotatable bonds is 12. The fourth-order valence-corrected chi connectivity index (χ4v) is 6.22. The molecule has 226 valence electrons. The fourth-order valence-electron chi connectivity index (χ4n) is 3.54. The van der Waals surface area contributed by atoms with Crippen LogP contribution in [-0.2, 0) is 27.8 Å². The van der Waals surface area contributed by atoms with Gasteiger partial charge in [0.25, 0.3) is 5.56 Å². The molecule has 0 spiro atoms. The number of esters is 1. The maximum Gasteiger partial charge on any atom is 0.459 e. The Bertz CT molecular complexity index is 1400. The molecule has 0 bridgehead atoms. The standard InChI is InChI=1S/C27H40N3O9PSi/c1-18(2)36-25(32)19(3)29-40(34,38-20-12-10-9-11-13-20)35-17-21-16-22(39-41(7,8)27(4,5)6)24(37-21)30-15-14-23(31)28-26(30)33/h9-16,18-19,22,24H,17H2,1-8H3,(H,29,34)(H,28,31,33)/t19-,22+,24+,40-/m0/s1. The van der Waals surface area contributed by atoms with Crippen LogP contribution in [0.3, 0.4) is 0 Å². The Hall–Kier alpha value is -2.96. The molecular weight excluding hydrogens is 569 g/mol. The largest absolute Gasteiger partial charge is 0.469 e. The van der Waals surface area contributed by atoms with E-state index in [1.807, 2.05) is 0 Å². The first-order chi connectivity index (χ1) is 19.0. The number of benzene rings is 1. The number of aromatic amines is 1. The molecule has 41 heavy (non-hydrogen) atoms. The van der Waals surface area contributed by atoms with Gasteiger partial charge < -0.3 is 18.4 Å². The molecule has 3 rings (SSSR count). The molecule has 1 aromatic heterocycles. The number of nitrogens with zero attached hydrogens (tertiary/aromatic N) is 1. The predicted octanol–water partition coefficient (Wildman–Crippen LogP) is 4.47. The van der Waals surface area contributed by atoms with Crippen molar-refractivity contribution in [3.05, 3.63) is 75.3 Å². The van der Waals surface area contributed by atoms with Gasteiger partial charge in [0.05, 0.1) is 6.10 Å². The van der Waals surface area contributed by atoms with Gasteiger partial charge in [0.15, 0.2) is 8.32 Å². The second kappa shape index (κ2) is 12.9. The SMILES string of the molecule is CC(C)OC(=O)[C@H](C)N[P@](=O)(OCC1=C[C@@H](O[Si](C)(C)C(C)(C)C)[C@H](n2ccc(=O)[nH]c2=O)O1)Oc1ccccc1. The summed E-state index contributed by atoms with van der Waals surface area (Å²) in [6, 6.07) is 8.57. The molecule has 0 aliphatic carbocycles. The number of ether oxygens (including phenoxy) is 2. The van der Waals surface area contributed by atoms with Crippen LogP contribution >= 0.6 is 7.75 Å². The molecule has 1 aromatic carbocycles. The fraction of sp³-hybridized carbons (Fsp3) is 0.519. The van der Waals surface area contributed by atoms with E-state index in [0.29, 0.717) is 0 Å². The quantitative estimate of drug-likeness (QED) is 0.201. The molecule has 2 N–H and O–H groups in total. The van der Waals surface area contributed by atoms with Gasteiger partial charge in [-0.05, 0) is 57.1 Å². The lowest BCUT2D eigenvalue weighted by atomic mass is 10.2. The van der Waals surface area contributed by atoms with Crippen LogP contribution in [0.15, 0.2) is 64.0 Å². The number of carbonyl (C=O) groups excluding carboxylic acids is 1. The molecule has 0 saturated heterocycles. The van der Waals surface area contributed by atoms with Gasteiger partial charge in [-0.25, -0.2) is 9.36 Å². The van der Waals surface area contributed by atoms with E-state index in [-0.39, 0.29) is 29.3 Å². The Kier molecular flexibility index (Phi) is 10.2. The van der Waals surface area contributed by atoms with Crippen LogP contribution in [0.2, 0.25) is 18.1 Å². The molecule has 2 heterocycles. The molecule has 0 radical (unpaired) electrons. The van der Waals surface area contributed by atoms with Gasteiger partial charge in [-0.15, -0.1) is 0 Å². The minimum atomic E-state index is -4.16. The van der Waals surface area contributed by atoms with Crippen molar-refractivity contribution < 1.29 is 32.3 Å². The van der Waals surface area contributed by atoms with Crippen LogP contribution in [0.1, 0.15) is 47.8 Å². The van der Waals surface area contributed by atoms with E-state index in [2.05, 4.69) is 43.9 Å². The summed E-state index contributed by atoms with van der Waals surface area (Å²) in [6.07, 6.45) is 0.963. The summed E-state index contributed by atoms with van der Waals surface area (Å²) in [6.45, 7) is 14.9. The number of nitrogens with one attached hydrogen (secondary N) is 2. The van der Waals surface area contributed by atoms with E-state index < -0.39 is 51.7 Å². The maximum atomic E-state index is 13.9. The van der Waals surface area contributed by atoms with E-state index in [1.165, 1.54) is 23.8 Å². The van der Waals surface area contributed by atoms with E-state index in [9.17, 15) is 18.9 Å². The van der Waals surface area contributed by atoms with Crippen molar-refractivity contribution in [3.63, 3.8) is 0 Å². The van der Waals surface area contributed by atoms with E-state index in [0.717, 1.165) is 0 Å². The van der Waals surface area contributed by atoms with Gasteiger partial charge in [-0.3, -0.25) is 23.7 Å². The third kappa shape index (κ3) is 8.76. The molecule has 0 unspecified atom stereocenters. The molecule has 1 aliphatic heterocycles. The Morgan fingerprint density at radius 1 is 1.15 bits per heavy atom. The summed E-state index contributed by atoms with van der Waals surface area (Å²) in [4.78, 5) is 39.0. The highest BCUT2D eigenvalue weighted by Crippen LogP contribution is 2.46. The second-order valence-electron chi connectivity index (χ2n) is 11.5. The summed E-state index contributed by atoms with van der Waals surface area (Å²) in [5.74, 6) is -0.143. The highest BCUT2D eigenvalue weighted by molar-refractivity contribution is 7.52. The molecule has 4 atom stereocenters. The van der Waals surface area contributed by atoms with Crippen LogP contribution in [0, 0.1) is 0 Å². The van der Waals surface area contributed by atoms with E-state index in [4.69, 9.17) is 22.9 Å². The van der Waals surface area contributed by atoms with Gasteiger partial charge in [0.1, 0.15) is 30.3 Å². The van der Waals surface area contributed by atoms with Crippen LogP contribution < -0.4 is 20.9 Å². The Morgan fingerprint density at radius 3 is 2.39 bits per heavy atom. The highest BCUT2D eigenvalue weighted by atomic mass is 31.2. The first-order valence-corrected chi connectivity index (χ1v) is 17.8. The van der Waals surface area contributed by atoms with Crippen molar-refractivity contribution in [2.45, 2.75) is 84.2 Å². The summed E-state index contributed by atoms with van der Waals surface area (Å²) in [7, 11) is -6.52. The highest BCUT2D eigenvalue weighted by Gasteiger charge is 2.44. The molecule has 2 aromatic rings. The number of hydrogen-bond acceptors (Lipinski definition) is 9. The average molecular weight is 610 g/mol. The van der Waals surface area contributed by atoms with Crippen LogP contribution in [0.5, 0.6) is 5.75 Å². The smallest absolute Gasteiger partial charge is 0.459 e. The van der Waals surface area contributed by atoms with Gasteiger partial charge in [0.2, 0.25) is 6.23 Å². The lowest BCUT2D eigenvalue weighted by Crippen LogP contribution is -2.46. The number of carbonyl (C=O) groups is 1. The van der Waals surface area contributed by atoms with Gasteiger partial charge >= 0.3 is 19.4 Å². The van der Waals surface area contributed by atoms with Crippen LogP contribution in [-0.4, -0.2) is 48.7 Å². The van der Waals surface area contributed by atoms with Crippen molar-refractivity contribution in [2.24, 2.45) is 0 Å². The average Bonchev–Trinajstić information content (AvgIpc) is 3.24. The summed E-state index contributed by atoms with van der Waals surface area (Å²) in [5, 5.41) is 2.48. The molecule has 0 saturated carbocycles. The number of aromatic nitrogens is 2. The zero-order chi connectivity index (χ0) is 30.6. The number of para-hydroxylation sites is 1. The first-order valence-electron chi connectivity index (χ1n) is 13.3. The summed E-state index contributed by atoms with van der Waals surface area (Å²) < 4.78 is 44.4. The van der Waals surface area contributed by atoms with Crippen LogP contribution in [0.4, 0.5) is 0 Å². The van der Waals surface area contributed by atoms with Crippen molar-refractivity contribution in [3.8, 4) is 5.75 Å². The van der Waals surface area contributed by atoms with Crippen molar-refractivity contribution in [1.82, 2.24) is 14.6 Å². The minimum absolute atomic E-state index is 0.148. The molecule has 1 aliphatic rings. The Balaban J connectivity index is 1.88. The van der Waals surface area contributed by atoms with Crippen molar-refractivity contribution >= 4 is 22.0 Å². The zero-order valence-corrected chi connectivity index (χ0v) is 26.6. The van der Waals surface area contributed by atoms with Gasteiger partial charge in [-0.2, -0.15) is 5.09 Å². The van der Waals surface area contributed by atoms with Crippen molar-refractivity contribution in [1.29, 1.82) is 0 Å². The molecular formula is C27H40N3O9PSi. The van der Waals surface area contributed by atoms with Gasteiger partial charge in [0, 0.05) is 12.3 Å². The lowest BCUT2D eigenvalue weighted by Gasteiger charge is -2.39. The molecule has 0 fully saturated rings. The third-order valence-electron chi connectivity index (χ3n) is 6.67. The first kappa shape index (κ1) is 32.6. The van der Waals surface area contributed by atoms with E-state index >= 15 is 0 Å². The summed E-state index contributed by atoms with van der Waals surface area (Å²) >= 11 is 0. The van der Waals surface area contributed by atoms with Gasteiger partial charge in [-0.1, -0.05) is 39.0 Å². The van der Waals surface area contributed by atoms with Crippen LogP contribution in [0.25, 0.3) is 0 Å². The topological polar surface area (TPSA) is 147 Å².